The van der Waals surface area contributed by atoms with Gasteiger partial charge in [0.05, 0.1) is 13.2 Å². The smallest absolute Gasteiger partial charge is 0.315 e. The number of carbonyl (C=O) groups is 4. The number of benzene rings is 1. The van der Waals surface area contributed by atoms with Gasteiger partial charge in [0.15, 0.2) is 0 Å². The number of methoxy groups -OCH3 is 1. The van der Waals surface area contributed by atoms with Crippen LogP contribution in [-0.2, 0) is 20.8 Å². The van der Waals surface area contributed by atoms with Crippen molar-refractivity contribution in [1.82, 2.24) is 20.9 Å². The van der Waals surface area contributed by atoms with E-state index in [0.717, 1.165) is 5.56 Å². The predicted molar refractivity (Wildman–Crippen MR) is 133 cm³/mol. The van der Waals surface area contributed by atoms with Gasteiger partial charge in [0.25, 0.3) is 0 Å². The minimum atomic E-state index is -0.960. The molecule has 1 aromatic rings. The van der Waals surface area contributed by atoms with Crippen LogP contribution in [0.5, 0.6) is 5.75 Å². The van der Waals surface area contributed by atoms with Crippen LogP contribution < -0.4 is 26.4 Å². The molecule has 10 nitrogen and oxygen atoms in total. The summed E-state index contributed by atoms with van der Waals surface area (Å²) in [5, 5.41) is 8.13. The van der Waals surface area contributed by atoms with Gasteiger partial charge in [-0.15, -0.1) is 6.58 Å². The molecule has 10 heteroatoms. The van der Waals surface area contributed by atoms with Crippen molar-refractivity contribution in [3.05, 3.63) is 42.5 Å². The Kier molecular flexibility index (Phi) is 9.68. The zero-order valence-electron chi connectivity index (χ0n) is 20.9. The zero-order chi connectivity index (χ0) is 26.2. The van der Waals surface area contributed by atoms with Gasteiger partial charge in [-0.25, -0.2) is 4.79 Å². The minimum absolute atomic E-state index is 0.189. The molecule has 0 saturated carbocycles. The van der Waals surface area contributed by atoms with Crippen LogP contribution in [0, 0.1) is 5.41 Å². The predicted octanol–water partition coefficient (Wildman–Crippen LogP) is 1.10. The summed E-state index contributed by atoms with van der Waals surface area (Å²) in [6.45, 7) is 9.85. The lowest BCUT2D eigenvalue weighted by molar-refractivity contribution is -0.140. The highest BCUT2D eigenvalue weighted by Crippen LogP contribution is 2.25. The largest absolute Gasteiger partial charge is 0.497 e. The number of nitrogens with zero attached hydrogens (tertiary/aromatic N) is 1. The van der Waals surface area contributed by atoms with E-state index in [0.29, 0.717) is 12.3 Å². The lowest BCUT2D eigenvalue weighted by Crippen LogP contribution is -2.53. The van der Waals surface area contributed by atoms with Crippen LogP contribution in [0.2, 0.25) is 0 Å². The molecule has 0 bridgehead atoms. The molecular formula is C25H37N5O5. The fraction of sp³-hybridized carbons (Fsp3) is 0.520. The first kappa shape index (κ1) is 27.7. The first-order valence-electron chi connectivity index (χ1n) is 11.6. The van der Waals surface area contributed by atoms with E-state index in [1.54, 1.807) is 37.5 Å². The fourth-order valence-corrected chi connectivity index (χ4v) is 3.91. The molecule has 0 radical (unpaired) electrons. The van der Waals surface area contributed by atoms with Gasteiger partial charge in [-0.1, -0.05) is 39.0 Å². The van der Waals surface area contributed by atoms with Crippen molar-refractivity contribution in [2.75, 3.05) is 20.2 Å². The van der Waals surface area contributed by atoms with E-state index < -0.39 is 36.0 Å². The van der Waals surface area contributed by atoms with Gasteiger partial charge < -0.3 is 31.3 Å². The van der Waals surface area contributed by atoms with Gasteiger partial charge in [-0.3, -0.25) is 14.4 Å². The van der Waals surface area contributed by atoms with Crippen molar-refractivity contribution in [2.45, 2.75) is 58.2 Å². The van der Waals surface area contributed by atoms with E-state index >= 15 is 0 Å². The van der Waals surface area contributed by atoms with E-state index in [4.69, 9.17) is 10.5 Å². The normalized spacial score (nSPS) is 18.3. The average molecular weight is 488 g/mol. The molecule has 0 unspecified atom stereocenters. The molecule has 35 heavy (non-hydrogen) atoms. The second kappa shape index (κ2) is 12.2. The van der Waals surface area contributed by atoms with Crippen LogP contribution in [0.25, 0.3) is 0 Å². The maximum Gasteiger partial charge on any atom is 0.315 e. The summed E-state index contributed by atoms with van der Waals surface area (Å²) in [5.41, 5.74) is 6.08. The summed E-state index contributed by atoms with van der Waals surface area (Å²) >= 11 is 0. The van der Waals surface area contributed by atoms with Crippen LogP contribution >= 0.6 is 0 Å². The first-order valence-corrected chi connectivity index (χ1v) is 11.6. The third kappa shape index (κ3) is 8.62. The maximum atomic E-state index is 13.3. The minimum Gasteiger partial charge on any atom is -0.497 e. The Balaban J connectivity index is 2.15. The van der Waals surface area contributed by atoms with Gasteiger partial charge >= 0.3 is 6.03 Å². The molecule has 5 amide bonds. The number of carbonyl (C=O) groups excluding carboxylic acids is 4. The van der Waals surface area contributed by atoms with Crippen molar-refractivity contribution >= 4 is 23.8 Å². The van der Waals surface area contributed by atoms with Gasteiger partial charge in [0.2, 0.25) is 17.7 Å². The number of urea groups is 1. The van der Waals surface area contributed by atoms with E-state index in [1.807, 2.05) is 20.8 Å². The second-order valence-corrected chi connectivity index (χ2v) is 9.89. The van der Waals surface area contributed by atoms with E-state index in [1.165, 1.54) is 4.90 Å². The van der Waals surface area contributed by atoms with E-state index in [2.05, 4.69) is 22.5 Å². The highest BCUT2D eigenvalue weighted by Gasteiger charge is 2.41. The molecule has 3 atom stereocenters. The summed E-state index contributed by atoms with van der Waals surface area (Å²) in [6, 6.07) is 4.46. The monoisotopic (exact) mass is 487 g/mol. The summed E-state index contributed by atoms with van der Waals surface area (Å²) in [7, 11) is 1.56. The number of ether oxygens (including phenoxy) is 1. The third-order valence-corrected chi connectivity index (χ3v) is 5.61. The molecule has 1 aliphatic rings. The van der Waals surface area contributed by atoms with Crippen LogP contribution in [-0.4, -0.2) is 67.0 Å². The molecule has 2 rings (SSSR count). The number of hydrogen-bond donors (Lipinski definition) is 4. The molecule has 1 heterocycles. The molecule has 1 saturated heterocycles. The maximum absolute atomic E-state index is 13.3. The van der Waals surface area contributed by atoms with Crippen molar-refractivity contribution in [1.29, 1.82) is 0 Å². The van der Waals surface area contributed by atoms with Gasteiger partial charge in [0, 0.05) is 25.9 Å². The van der Waals surface area contributed by atoms with Crippen molar-refractivity contribution in [3.8, 4) is 5.75 Å². The lowest BCUT2D eigenvalue weighted by Gasteiger charge is -2.28. The number of rotatable bonds is 10. The summed E-state index contributed by atoms with van der Waals surface area (Å²) in [5.74, 6) is -0.694. The van der Waals surface area contributed by atoms with Crippen molar-refractivity contribution in [2.24, 2.45) is 11.1 Å². The topological polar surface area (TPSA) is 143 Å². The Morgan fingerprint density at radius 3 is 2.43 bits per heavy atom. The average Bonchev–Trinajstić information content (AvgIpc) is 3.20. The molecule has 192 valence electrons. The number of nitrogens with two attached hydrogens (primary N) is 1. The summed E-state index contributed by atoms with van der Waals surface area (Å²) in [6.07, 6.45) is 2.20. The van der Waals surface area contributed by atoms with Crippen LogP contribution in [0.15, 0.2) is 36.9 Å². The Morgan fingerprint density at radius 1 is 1.23 bits per heavy atom. The first-order chi connectivity index (χ1) is 16.4. The molecule has 0 aliphatic carbocycles. The quantitative estimate of drug-likeness (QED) is 0.366. The molecule has 1 aromatic carbocycles. The highest BCUT2D eigenvalue weighted by atomic mass is 16.5. The fourth-order valence-electron chi connectivity index (χ4n) is 3.91. The summed E-state index contributed by atoms with van der Waals surface area (Å²) < 4.78 is 5.14. The van der Waals surface area contributed by atoms with Gasteiger partial charge in [-0.2, -0.15) is 0 Å². The molecule has 1 fully saturated rings. The number of likely N-dealkylation sites (tertiary alicyclic amines) is 1. The number of amides is 5. The third-order valence-electron chi connectivity index (χ3n) is 5.61. The molecule has 0 aromatic heterocycles. The Morgan fingerprint density at radius 2 is 1.89 bits per heavy atom. The lowest BCUT2D eigenvalue weighted by atomic mass is 9.91. The van der Waals surface area contributed by atoms with Crippen LogP contribution in [0.3, 0.4) is 0 Å². The van der Waals surface area contributed by atoms with Crippen molar-refractivity contribution < 1.29 is 23.9 Å². The van der Waals surface area contributed by atoms with Gasteiger partial charge in [-0.05, 0) is 29.5 Å². The molecule has 5 N–H and O–H groups in total. The second-order valence-electron chi connectivity index (χ2n) is 9.89. The van der Waals surface area contributed by atoms with E-state index in [9.17, 15) is 19.2 Å². The Bertz CT molecular complexity index is 925. The number of nitrogens with one attached hydrogen (secondary N) is 3. The Labute approximate surface area is 206 Å². The molecule has 1 aliphatic heterocycles. The zero-order valence-corrected chi connectivity index (χ0v) is 20.9. The molecular weight excluding hydrogens is 450 g/mol. The van der Waals surface area contributed by atoms with Crippen molar-refractivity contribution in [3.63, 3.8) is 0 Å². The van der Waals surface area contributed by atoms with Gasteiger partial charge in [0.1, 0.15) is 17.8 Å². The SMILES string of the molecule is C=CCNC(=O)N[C@H]1C[C@@H](C(=O)N[C@@H](Cc2ccc(OC)cc2)C(N)=O)N(C(=O)CC(C)(C)C)C1. The number of hydrogen-bond acceptors (Lipinski definition) is 5. The number of primary amides is 1. The van der Waals surface area contributed by atoms with E-state index in [-0.39, 0.29) is 37.1 Å². The highest BCUT2D eigenvalue weighted by molar-refractivity contribution is 5.92. The molecule has 0 spiro atoms. The van der Waals surface area contributed by atoms with Crippen LogP contribution in [0.1, 0.15) is 39.2 Å². The van der Waals surface area contributed by atoms with Crippen LogP contribution in [0.4, 0.5) is 4.79 Å². The Hall–Kier alpha value is -3.56. The summed E-state index contributed by atoms with van der Waals surface area (Å²) in [4.78, 5) is 52.0. The standard InChI is InChI=1S/C25H37N5O5/c1-6-11-27-24(34)28-17-13-20(30(15-17)21(31)14-25(2,3)4)23(33)29-19(22(26)32)12-16-7-9-18(35-5)10-8-16/h6-10,17,19-20H,1,11-15H2,2-5H3,(H2,26,32)(H,29,33)(H2,27,28,34)/t17-,19-,20-/m0/s1.